The summed E-state index contributed by atoms with van der Waals surface area (Å²) in [5.74, 6) is -0.644. The average Bonchev–Trinajstić information content (AvgIpc) is 2.56. The molecule has 134 valence electrons. The summed E-state index contributed by atoms with van der Waals surface area (Å²) in [6, 6.07) is -0.411. The van der Waals surface area contributed by atoms with Gasteiger partial charge in [0.15, 0.2) is 0 Å². The van der Waals surface area contributed by atoms with Gasteiger partial charge in [0, 0.05) is 12.1 Å². The van der Waals surface area contributed by atoms with E-state index in [4.69, 9.17) is 0 Å². The lowest BCUT2D eigenvalue weighted by atomic mass is 9.91. The van der Waals surface area contributed by atoms with E-state index in [1.54, 1.807) is 0 Å². The molecule has 1 aliphatic heterocycles. The van der Waals surface area contributed by atoms with Crippen LogP contribution in [0.4, 0.5) is 4.79 Å². The van der Waals surface area contributed by atoms with Crippen LogP contribution in [-0.4, -0.2) is 57.1 Å². The molecule has 2 saturated carbocycles. The van der Waals surface area contributed by atoms with Crippen molar-refractivity contribution in [1.82, 2.24) is 9.80 Å². The van der Waals surface area contributed by atoms with Gasteiger partial charge in [-0.1, -0.05) is 38.5 Å². The van der Waals surface area contributed by atoms with E-state index in [9.17, 15) is 14.4 Å². The van der Waals surface area contributed by atoms with Crippen molar-refractivity contribution in [3.05, 3.63) is 0 Å². The predicted molar refractivity (Wildman–Crippen MR) is 97.3 cm³/mol. The zero-order valence-corrected chi connectivity index (χ0v) is 15.6. The molecule has 3 rings (SSSR count). The molecule has 0 atom stereocenters. The van der Waals surface area contributed by atoms with Crippen LogP contribution in [-0.2, 0) is 9.59 Å². The molecule has 2 aliphatic carbocycles. The number of carbonyl (C=O) groups excluding carboxylic acids is 3. The van der Waals surface area contributed by atoms with Crippen LogP contribution in [0.2, 0.25) is 0 Å². The van der Waals surface area contributed by atoms with E-state index in [2.05, 4.69) is 0 Å². The Kier molecular flexibility index (Phi) is 5.42. The Morgan fingerprint density at radius 1 is 0.708 bits per heavy atom. The predicted octanol–water partition coefficient (Wildman–Crippen LogP) is 3.14. The first-order valence-electron chi connectivity index (χ1n) is 9.18. The molecule has 0 bridgehead atoms. The Morgan fingerprint density at radius 2 is 1.08 bits per heavy atom. The van der Waals surface area contributed by atoms with Crippen molar-refractivity contribution in [1.29, 1.82) is 0 Å². The lowest BCUT2D eigenvalue weighted by Crippen LogP contribution is -2.65. The van der Waals surface area contributed by atoms with Gasteiger partial charge in [0.25, 0.3) is 11.8 Å². The van der Waals surface area contributed by atoms with E-state index >= 15 is 0 Å². The molecule has 1 saturated heterocycles. The summed E-state index contributed by atoms with van der Waals surface area (Å²) in [6.45, 7) is 0. The fourth-order valence-electron chi connectivity index (χ4n) is 4.27. The zero-order chi connectivity index (χ0) is 17.3. The molecule has 6 heteroatoms. The van der Waals surface area contributed by atoms with Gasteiger partial charge in [0.2, 0.25) is 0 Å². The number of hydrogen-bond acceptors (Lipinski definition) is 3. The van der Waals surface area contributed by atoms with Crippen LogP contribution < -0.4 is 0 Å². The summed E-state index contributed by atoms with van der Waals surface area (Å²) in [7, 11) is -0.445. The molecule has 24 heavy (non-hydrogen) atoms. The lowest BCUT2D eigenvalue weighted by Gasteiger charge is -2.43. The summed E-state index contributed by atoms with van der Waals surface area (Å²) in [5.41, 5.74) is 0. The highest BCUT2D eigenvalue weighted by Gasteiger charge is 2.48. The van der Waals surface area contributed by atoms with Crippen molar-refractivity contribution in [3.63, 3.8) is 0 Å². The van der Waals surface area contributed by atoms with Gasteiger partial charge < -0.3 is 0 Å². The maximum absolute atomic E-state index is 13.1. The second-order valence-electron chi connectivity index (χ2n) is 7.36. The summed E-state index contributed by atoms with van der Waals surface area (Å²) in [4.78, 5) is 42.2. The van der Waals surface area contributed by atoms with E-state index in [1.807, 2.05) is 12.5 Å². The Hall–Kier alpha value is -1.17. The first kappa shape index (κ1) is 17.6. The van der Waals surface area contributed by atoms with Crippen LogP contribution in [0.25, 0.3) is 0 Å². The fourth-order valence-corrected chi connectivity index (χ4v) is 5.17. The summed E-state index contributed by atoms with van der Waals surface area (Å²) in [5, 5.41) is 0. The Morgan fingerprint density at radius 3 is 1.42 bits per heavy atom. The minimum absolute atomic E-state index is 0.0310. The highest BCUT2D eigenvalue weighted by atomic mass is 32.2. The molecule has 0 N–H and O–H groups in total. The minimum atomic E-state index is -0.445. The molecule has 0 aromatic rings. The molecular weight excluding hydrogens is 324 g/mol. The number of rotatable bonds is 2. The Labute approximate surface area is 146 Å². The van der Waals surface area contributed by atoms with Crippen LogP contribution in [0, 0.1) is 0 Å². The molecule has 1 heterocycles. The van der Waals surface area contributed by atoms with Gasteiger partial charge in [-0.15, -0.1) is 0 Å². The van der Waals surface area contributed by atoms with Crippen molar-refractivity contribution in [2.45, 2.75) is 76.3 Å². The molecule has 5 nitrogen and oxygen atoms in total. The molecule has 4 amide bonds. The standard InChI is InChI=1S/C18H28N2O3S/c1-24(2)15-16(21)19(13-9-5-3-6-10-13)18(23)20(17(15)22)14-11-7-4-8-12-14/h13-14H,3-12H2,1-2H3. The van der Waals surface area contributed by atoms with Crippen LogP contribution >= 0.6 is 10.5 Å². The average molecular weight is 353 g/mol. The van der Waals surface area contributed by atoms with Gasteiger partial charge in [-0.25, -0.2) is 4.79 Å². The van der Waals surface area contributed by atoms with Gasteiger partial charge in [-0.2, -0.15) is 10.5 Å². The number of barbiturate groups is 1. The van der Waals surface area contributed by atoms with Crippen LogP contribution in [0.3, 0.4) is 0 Å². The quantitative estimate of drug-likeness (QED) is 0.717. The van der Waals surface area contributed by atoms with Crippen molar-refractivity contribution < 1.29 is 14.4 Å². The molecule has 3 fully saturated rings. The molecular formula is C18H28N2O3S. The topological polar surface area (TPSA) is 57.7 Å². The lowest BCUT2D eigenvalue weighted by molar-refractivity contribution is -0.133. The van der Waals surface area contributed by atoms with Crippen molar-refractivity contribution in [3.8, 4) is 0 Å². The van der Waals surface area contributed by atoms with Gasteiger partial charge >= 0.3 is 6.03 Å². The molecule has 0 aromatic heterocycles. The molecule has 0 unspecified atom stereocenters. The smallest absolute Gasteiger partial charge is 0.268 e. The second-order valence-corrected chi connectivity index (χ2v) is 9.40. The monoisotopic (exact) mass is 352 g/mol. The third-order valence-electron chi connectivity index (χ3n) is 5.53. The fraction of sp³-hybridized carbons (Fsp3) is 0.778. The van der Waals surface area contributed by atoms with Crippen molar-refractivity contribution in [2.75, 3.05) is 12.5 Å². The third kappa shape index (κ3) is 3.17. The van der Waals surface area contributed by atoms with Crippen LogP contribution in [0.15, 0.2) is 0 Å². The van der Waals surface area contributed by atoms with Gasteiger partial charge in [-0.05, 0) is 38.2 Å². The van der Waals surface area contributed by atoms with E-state index < -0.39 is 10.5 Å². The highest BCUT2D eigenvalue weighted by molar-refractivity contribution is 8.16. The summed E-state index contributed by atoms with van der Waals surface area (Å²) < 4.78 is 0. The van der Waals surface area contributed by atoms with E-state index in [-0.39, 0.29) is 29.9 Å². The van der Waals surface area contributed by atoms with Gasteiger partial charge in [-0.3, -0.25) is 19.4 Å². The van der Waals surface area contributed by atoms with Crippen molar-refractivity contribution >= 4 is 33.2 Å². The van der Waals surface area contributed by atoms with Crippen molar-refractivity contribution in [2.24, 2.45) is 0 Å². The molecule has 0 spiro atoms. The number of nitrogens with zero attached hydrogens (tertiary/aromatic N) is 2. The number of hydrogen-bond donors (Lipinski definition) is 0. The SMILES string of the molecule is CS(C)=C1C(=O)N(C2CCCCC2)C(=O)N(C2CCCCC2)C1=O. The normalized spacial score (nSPS) is 25.1. The Bertz CT molecular complexity index is 529. The second kappa shape index (κ2) is 7.38. The number of urea groups is 1. The number of amides is 4. The summed E-state index contributed by atoms with van der Waals surface area (Å²) in [6.07, 6.45) is 13.8. The van der Waals surface area contributed by atoms with E-state index in [1.165, 1.54) is 22.6 Å². The molecule has 0 radical (unpaired) electrons. The first-order chi connectivity index (χ1) is 11.5. The number of imide groups is 2. The van der Waals surface area contributed by atoms with E-state index in [0.717, 1.165) is 51.4 Å². The van der Waals surface area contributed by atoms with E-state index in [0.29, 0.717) is 4.86 Å². The number of carbonyl (C=O) groups is 3. The largest absolute Gasteiger partial charge is 0.334 e. The molecule has 3 aliphatic rings. The Balaban J connectivity index is 1.96. The minimum Gasteiger partial charge on any atom is -0.268 e. The first-order valence-corrected chi connectivity index (χ1v) is 11.2. The third-order valence-corrected chi connectivity index (χ3v) is 6.69. The zero-order valence-electron chi connectivity index (χ0n) is 14.8. The van der Waals surface area contributed by atoms with Crippen LogP contribution in [0.1, 0.15) is 64.2 Å². The summed E-state index contributed by atoms with van der Waals surface area (Å²) >= 11 is 0. The van der Waals surface area contributed by atoms with Gasteiger partial charge in [0.05, 0.1) is 0 Å². The highest BCUT2D eigenvalue weighted by Crippen LogP contribution is 2.31. The molecule has 0 aromatic carbocycles. The maximum atomic E-state index is 13.1. The maximum Gasteiger partial charge on any atom is 0.334 e. The van der Waals surface area contributed by atoms with Gasteiger partial charge in [0.1, 0.15) is 4.86 Å². The van der Waals surface area contributed by atoms with Crippen LogP contribution in [0.5, 0.6) is 0 Å².